The van der Waals surface area contributed by atoms with Crippen LogP contribution in [0.25, 0.3) is 10.6 Å². The molecule has 1 aromatic carbocycles. The number of benzene rings is 1. The molecule has 0 aliphatic carbocycles. The van der Waals surface area contributed by atoms with E-state index < -0.39 is 5.97 Å². The highest BCUT2D eigenvalue weighted by Gasteiger charge is 2.18. The van der Waals surface area contributed by atoms with Gasteiger partial charge >= 0.3 is 5.97 Å². The Hall–Kier alpha value is -4.75. The number of aromatic nitrogens is 3. The van der Waals surface area contributed by atoms with Crippen molar-refractivity contribution in [1.29, 1.82) is 0 Å². The van der Waals surface area contributed by atoms with Crippen molar-refractivity contribution in [3.05, 3.63) is 71.3 Å². The molecule has 3 amide bonds. The number of esters is 1. The Bertz CT molecular complexity index is 1620. The first-order valence-corrected chi connectivity index (χ1v) is 14.5. The van der Waals surface area contributed by atoms with Gasteiger partial charge in [-0.05, 0) is 70.4 Å². The van der Waals surface area contributed by atoms with Crippen molar-refractivity contribution in [2.75, 3.05) is 43.2 Å². The van der Waals surface area contributed by atoms with E-state index in [0.717, 1.165) is 18.5 Å². The number of anilines is 3. The molecule has 0 saturated carbocycles. The molecule has 0 saturated heterocycles. The minimum Gasteiger partial charge on any atom is -0.461 e. The maximum Gasteiger partial charge on any atom is 0.357 e. The van der Waals surface area contributed by atoms with Crippen LogP contribution in [-0.2, 0) is 23.6 Å². The largest absolute Gasteiger partial charge is 0.461 e. The summed E-state index contributed by atoms with van der Waals surface area (Å²) < 4.78 is 8.24. The average Bonchev–Trinajstić information content (AvgIpc) is 3.67. The van der Waals surface area contributed by atoms with Crippen molar-refractivity contribution in [3.63, 3.8) is 0 Å². The maximum atomic E-state index is 13.0. The fourth-order valence-corrected chi connectivity index (χ4v) is 5.08. The highest BCUT2D eigenvalue weighted by Crippen LogP contribution is 2.26. The summed E-state index contributed by atoms with van der Waals surface area (Å²) in [5.41, 5.74) is 3.32. The first-order valence-electron chi connectivity index (χ1n) is 13.7. The van der Waals surface area contributed by atoms with Gasteiger partial charge in [-0.3, -0.25) is 14.4 Å². The number of nitrogens with zero attached hydrogens (tertiary/aromatic N) is 4. The predicted octanol–water partition coefficient (Wildman–Crippen LogP) is 4.45. The summed E-state index contributed by atoms with van der Waals surface area (Å²) in [4.78, 5) is 56.5. The SMILES string of the molecule is CCOC(=O)c1csc(-c2ccc(NC(=O)c3cc(NC(=O)c4cc(NC(=O)CCCN(C)C)cn4C)cn3C)cc2)n1. The topological polar surface area (TPSA) is 140 Å². The fraction of sp³-hybridized carbons (Fsp3) is 0.300. The number of ether oxygens (including phenoxy) is 1. The normalized spacial score (nSPS) is 10.9. The number of carbonyl (C=O) groups excluding carboxylic acids is 4. The molecule has 0 spiro atoms. The lowest BCUT2D eigenvalue weighted by atomic mass is 10.2. The van der Waals surface area contributed by atoms with E-state index in [1.165, 1.54) is 11.3 Å². The van der Waals surface area contributed by atoms with Gasteiger partial charge in [0.15, 0.2) is 5.69 Å². The summed E-state index contributed by atoms with van der Waals surface area (Å²) in [7, 11) is 7.35. The third-order valence-corrected chi connectivity index (χ3v) is 7.30. The molecule has 0 radical (unpaired) electrons. The van der Waals surface area contributed by atoms with Gasteiger partial charge in [0.2, 0.25) is 5.91 Å². The van der Waals surface area contributed by atoms with Crippen LogP contribution in [-0.4, -0.2) is 70.0 Å². The summed E-state index contributed by atoms with van der Waals surface area (Å²) >= 11 is 1.33. The zero-order valence-electron chi connectivity index (χ0n) is 24.8. The van der Waals surface area contributed by atoms with E-state index in [2.05, 4.69) is 20.9 Å². The monoisotopic (exact) mass is 605 g/mol. The second-order valence-corrected chi connectivity index (χ2v) is 11.0. The molecular formula is C30H35N7O5S. The molecule has 4 rings (SSSR count). The van der Waals surface area contributed by atoms with E-state index in [1.54, 1.807) is 84.3 Å². The van der Waals surface area contributed by atoms with Crippen molar-refractivity contribution in [2.24, 2.45) is 14.1 Å². The smallest absolute Gasteiger partial charge is 0.357 e. The molecule has 226 valence electrons. The molecule has 3 heterocycles. The molecule has 3 N–H and O–H groups in total. The van der Waals surface area contributed by atoms with Gasteiger partial charge in [0.05, 0.1) is 18.0 Å². The maximum absolute atomic E-state index is 13.0. The minimum absolute atomic E-state index is 0.112. The molecule has 13 heteroatoms. The molecule has 0 aliphatic heterocycles. The van der Waals surface area contributed by atoms with Gasteiger partial charge in [0, 0.05) is 49.5 Å². The summed E-state index contributed by atoms with van der Waals surface area (Å²) in [6.07, 6.45) is 4.45. The van der Waals surface area contributed by atoms with Crippen LogP contribution in [0, 0.1) is 0 Å². The van der Waals surface area contributed by atoms with Gasteiger partial charge < -0.3 is 34.7 Å². The number of nitrogens with one attached hydrogen (secondary N) is 3. The van der Waals surface area contributed by atoms with Crippen molar-refractivity contribution < 1.29 is 23.9 Å². The average molecular weight is 606 g/mol. The van der Waals surface area contributed by atoms with Crippen LogP contribution >= 0.6 is 11.3 Å². The van der Waals surface area contributed by atoms with Crippen LogP contribution in [0.3, 0.4) is 0 Å². The molecule has 43 heavy (non-hydrogen) atoms. The zero-order valence-corrected chi connectivity index (χ0v) is 25.6. The molecule has 0 bridgehead atoms. The summed E-state index contributed by atoms with van der Waals surface area (Å²) in [6.45, 7) is 2.83. The summed E-state index contributed by atoms with van der Waals surface area (Å²) in [6, 6.07) is 10.3. The van der Waals surface area contributed by atoms with Crippen LogP contribution < -0.4 is 16.0 Å². The Morgan fingerprint density at radius 2 is 1.47 bits per heavy atom. The Morgan fingerprint density at radius 3 is 2.05 bits per heavy atom. The van der Waals surface area contributed by atoms with Gasteiger partial charge in [-0.15, -0.1) is 11.3 Å². The number of rotatable bonds is 12. The van der Waals surface area contributed by atoms with E-state index in [1.807, 2.05) is 19.0 Å². The number of thiazole rings is 1. The van der Waals surface area contributed by atoms with Gasteiger partial charge in [-0.2, -0.15) is 0 Å². The standard InChI is InChI=1S/C30H35N7O5S/c1-6-42-30(41)23-18-43-29(34-23)19-9-11-20(12-10-19)32-27(39)25-15-22(17-37(25)5)33-28(40)24-14-21(16-36(24)4)31-26(38)8-7-13-35(2)3/h9-12,14-18H,6-8,13H2,1-5H3,(H,31,38)(H,32,39)(H,33,40). The lowest BCUT2D eigenvalue weighted by molar-refractivity contribution is -0.116. The van der Waals surface area contributed by atoms with E-state index in [0.29, 0.717) is 39.9 Å². The van der Waals surface area contributed by atoms with E-state index in [9.17, 15) is 19.2 Å². The fourth-order valence-electron chi connectivity index (χ4n) is 4.29. The number of amides is 3. The highest BCUT2D eigenvalue weighted by molar-refractivity contribution is 7.13. The van der Waals surface area contributed by atoms with E-state index in [-0.39, 0.29) is 30.0 Å². The second kappa shape index (κ2) is 13.9. The molecule has 12 nitrogen and oxygen atoms in total. The van der Waals surface area contributed by atoms with Crippen LogP contribution in [0.5, 0.6) is 0 Å². The summed E-state index contributed by atoms with van der Waals surface area (Å²) in [5, 5.41) is 10.8. The van der Waals surface area contributed by atoms with Crippen LogP contribution in [0.15, 0.2) is 54.2 Å². The quantitative estimate of drug-likeness (QED) is 0.203. The number of aryl methyl sites for hydroxylation is 2. The van der Waals surface area contributed by atoms with Crippen LogP contribution in [0.4, 0.5) is 17.1 Å². The van der Waals surface area contributed by atoms with Gasteiger partial charge in [0.25, 0.3) is 11.8 Å². The Balaban J connectivity index is 1.35. The highest BCUT2D eigenvalue weighted by atomic mass is 32.1. The molecule has 0 aliphatic rings. The molecule has 4 aromatic rings. The molecular weight excluding hydrogens is 570 g/mol. The van der Waals surface area contributed by atoms with Crippen molar-refractivity contribution in [2.45, 2.75) is 19.8 Å². The van der Waals surface area contributed by atoms with Crippen molar-refractivity contribution in [3.8, 4) is 10.6 Å². The van der Waals surface area contributed by atoms with Crippen molar-refractivity contribution >= 4 is 52.1 Å². The first-order chi connectivity index (χ1) is 20.5. The zero-order chi connectivity index (χ0) is 31.1. The van der Waals surface area contributed by atoms with Crippen molar-refractivity contribution in [1.82, 2.24) is 19.0 Å². The third kappa shape index (κ3) is 8.17. The van der Waals surface area contributed by atoms with E-state index in [4.69, 9.17) is 4.74 Å². The molecule has 0 fully saturated rings. The molecule has 3 aromatic heterocycles. The third-order valence-electron chi connectivity index (χ3n) is 6.40. The second-order valence-electron chi connectivity index (χ2n) is 10.1. The Morgan fingerprint density at radius 1 is 0.884 bits per heavy atom. The Kier molecular flexibility index (Phi) is 10.1. The van der Waals surface area contributed by atoms with E-state index >= 15 is 0 Å². The lowest BCUT2D eigenvalue weighted by Crippen LogP contribution is -2.17. The summed E-state index contributed by atoms with van der Waals surface area (Å²) in [5.74, 6) is -1.31. The lowest BCUT2D eigenvalue weighted by Gasteiger charge is -2.08. The minimum atomic E-state index is -0.462. The molecule has 0 unspecified atom stereocenters. The number of hydrogen-bond acceptors (Lipinski definition) is 8. The first kappa shape index (κ1) is 31.2. The number of hydrogen-bond donors (Lipinski definition) is 3. The van der Waals surface area contributed by atoms with Crippen LogP contribution in [0.2, 0.25) is 0 Å². The Labute approximate surface area is 253 Å². The van der Waals surface area contributed by atoms with Gasteiger partial charge in [0.1, 0.15) is 16.4 Å². The van der Waals surface area contributed by atoms with Crippen LogP contribution in [0.1, 0.15) is 51.2 Å². The van der Waals surface area contributed by atoms with Gasteiger partial charge in [-0.25, -0.2) is 9.78 Å². The molecule has 0 atom stereocenters. The predicted molar refractivity (Wildman–Crippen MR) is 167 cm³/mol. The number of carbonyl (C=O) groups is 4. The van der Waals surface area contributed by atoms with Gasteiger partial charge in [-0.1, -0.05) is 0 Å².